The number of halogens is 1. The predicted octanol–water partition coefficient (Wildman–Crippen LogP) is 5.52. The number of aromatic nitrogens is 2. The topological polar surface area (TPSA) is 38.1 Å². The van der Waals surface area contributed by atoms with E-state index < -0.39 is 0 Å². The van der Waals surface area contributed by atoms with Crippen LogP contribution in [0.4, 0.5) is 4.39 Å². The van der Waals surface area contributed by atoms with Gasteiger partial charge in [0.2, 0.25) is 0 Å². The highest BCUT2D eigenvalue weighted by Crippen LogP contribution is 2.25. The summed E-state index contributed by atoms with van der Waals surface area (Å²) < 4.78 is 15.3. The molecule has 0 saturated carbocycles. The summed E-state index contributed by atoms with van der Waals surface area (Å²) >= 11 is 0. The minimum absolute atomic E-state index is 0.0382. The lowest BCUT2D eigenvalue weighted by atomic mass is 9.96. The third kappa shape index (κ3) is 4.93. The van der Waals surface area contributed by atoms with Crippen LogP contribution >= 0.6 is 0 Å². The zero-order chi connectivity index (χ0) is 22.8. The van der Waals surface area contributed by atoms with Gasteiger partial charge in [-0.2, -0.15) is 0 Å². The number of hydrogen-bond donors (Lipinski definition) is 0. The Kier molecular flexibility index (Phi) is 6.75. The third-order valence-electron chi connectivity index (χ3n) is 6.52. The molecule has 0 amide bonds. The van der Waals surface area contributed by atoms with Crippen molar-refractivity contribution in [3.8, 4) is 11.1 Å². The van der Waals surface area contributed by atoms with Crippen molar-refractivity contribution in [1.29, 1.82) is 0 Å². The fourth-order valence-corrected chi connectivity index (χ4v) is 4.77. The SMILES string of the molecule is CC(C)Cc1nc2ccc(-c3ccc(F)cc3)cc2c(=O)n1C[C@H]1CCCN(C(C)C)C1. The summed E-state index contributed by atoms with van der Waals surface area (Å²) in [5.41, 5.74) is 2.57. The van der Waals surface area contributed by atoms with E-state index in [4.69, 9.17) is 4.98 Å². The van der Waals surface area contributed by atoms with E-state index in [2.05, 4.69) is 32.6 Å². The Morgan fingerprint density at radius 2 is 1.78 bits per heavy atom. The van der Waals surface area contributed by atoms with Crippen molar-refractivity contribution in [2.24, 2.45) is 11.8 Å². The van der Waals surface area contributed by atoms with E-state index >= 15 is 0 Å². The summed E-state index contributed by atoms with van der Waals surface area (Å²) in [6.45, 7) is 11.7. The summed E-state index contributed by atoms with van der Waals surface area (Å²) in [4.78, 5) is 21.2. The molecule has 1 aromatic heterocycles. The summed E-state index contributed by atoms with van der Waals surface area (Å²) in [5, 5.41) is 0.635. The van der Waals surface area contributed by atoms with Crippen molar-refractivity contribution in [3.63, 3.8) is 0 Å². The molecule has 0 unspecified atom stereocenters. The van der Waals surface area contributed by atoms with Crippen molar-refractivity contribution in [2.45, 2.75) is 59.5 Å². The third-order valence-corrected chi connectivity index (χ3v) is 6.52. The van der Waals surface area contributed by atoms with Gasteiger partial charge in [-0.3, -0.25) is 9.36 Å². The minimum atomic E-state index is -0.264. The van der Waals surface area contributed by atoms with Crippen LogP contribution < -0.4 is 5.56 Å². The van der Waals surface area contributed by atoms with Gasteiger partial charge in [-0.05, 0) is 80.5 Å². The fourth-order valence-electron chi connectivity index (χ4n) is 4.77. The first-order valence-electron chi connectivity index (χ1n) is 11.8. The molecular formula is C27H34FN3O. The second-order valence-electron chi connectivity index (χ2n) is 9.88. The average molecular weight is 436 g/mol. The van der Waals surface area contributed by atoms with Crippen LogP contribution in [-0.4, -0.2) is 33.6 Å². The van der Waals surface area contributed by atoms with Gasteiger partial charge in [-0.25, -0.2) is 9.37 Å². The van der Waals surface area contributed by atoms with Crippen LogP contribution in [-0.2, 0) is 13.0 Å². The molecule has 0 bridgehead atoms. The van der Waals surface area contributed by atoms with Gasteiger partial charge in [0.1, 0.15) is 11.6 Å². The number of piperidine rings is 1. The highest BCUT2D eigenvalue weighted by Gasteiger charge is 2.24. The van der Waals surface area contributed by atoms with E-state index in [0.717, 1.165) is 48.4 Å². The number of rotatable bonds is 6. The Morgan fingerprint density at radius 3 is 2.47 bits per heavy atom. The van der Waals surface area contributed by atoms with Gasteiger partial charge in [-0.15, -0.1) is 0 Å². The Bertz CT molecular complexity index is 1130. The molecule has 0 radical (unpaired) electrons. The molecule has 0 aliphatic carbocycles. The number of hydrogen-bond acceptors (Lipinski definition) is 3. The van der Waals surface area contributed by atoms with Gasteiger partial charge in [0.15, 0.2) is 0 Å². The molecule has 2 aromatic carbocycles. The first kappa shape index (κ1) is 22.7. The number of benzene rings is 2. The van der Waals surface area contributed by atoms with Crippen LogP contribution in [0.15, 0.2) is 47.3 Å². The zero-order valence-corrected chi connectivity index (χ0v) is 19.6. The Balaban J connectivity index is 1.75. The Hall–Kier alpha value is -2.53. The number of nitrogens with zero attached hydrogens (tertiary/aromatic N) is 3. The summed E-state index contributed by atoms with van der Waals surface area (Å²) in [7, 11) is 0. The molecule has 5 heteroatoms. The molecule has 4 nitrogen and oxygen atoms in total. The van der Waals surface area contributed by atoms with Gasteiger partial charge < -0.3 is 4.90 Å². The maximum atomic E-state index is 13.7. The molecule has 0 N–H and O–H groups in total. The van der Waals surface area contributed by atoms with E-state index in [-0.39, 0.29) is 11.4 Å². The molecule has 1 fully saturated rings. The van der Waals surface area contributed by atoms with Gasteiger partial charge in [-0.1, -0.05) is 32.0 Å². The summed E-state index contributed by atoms with van der Waals surface area (Å²) in [6.07, 6.45) is 3.10. The highest BCUT2D eigenvalue weighted by molar-refractivity contribution is 5.83. The summed E-state index contributed by atoms with van der Waals surface area (Å²) in [6, 6.07) is 12.7. The lowest BCUT2D eigenvalue weighted by Gasteiger charge is -2.36. The van der Waals surface area contributed by atoms with Gasteiger partial charge in [0, 0.05) is 25.6 Å². The second-order valence-corrected chi connectivity index (χ2v) is 9.88. The van der Waals surface area contributed by atoms with Crippen molar-refractivity contribution >= 4 is 10.9 Å². The van der Waals surface area contributed by atoms with E-state index in [1.165, 1.54) is 18.6 Å². The van der Waals surface area contributed by atoms with Crippen molar-refractivity contribution < 1.29 is 4.39 Å². The summed E-state index contributed by atoms with van der Waals surface area (Å²) in [5.74, 6) is 1.49. The molecular weight excluding hydrogens is 401 g/mol. The zero-order valence-electron chi connectivity index (χ0n) is 19.6. The number of likely N-dealkylation sites (tertiary alicyclic amines) is 1. The molecule has 1 saturated heterocycles. The maximum Gasteiger partial charge on any atom is 0.261 e. The molecule has 1 atom stereocenters. The second kappa shape index (κ2) is 9.53. The lowest BCUT2D eigenvalue weighted by Crippen LogP contribution is -2.42. The van der Waals surface area contributed by atoms with Crippen LogP contribution in [0.2, 0.25) is 0 Å². The van der Waals surface area contributed by atoms with Crippen LogP contribution in [0.25, 0.3) is 22.0 Å². The Morgan fingerprint density at radius 1 is 1.06 bits per heavy atom. The van der Waals surface area contributed by atoms with Crippen molar-refractivity contribution in [3.05, 3.63) is 64.5 Å². The maximum absolute atomic E-state index is 13.7. The molecule has 0 spiro atoms. The normalized spacial score (nSPS) is 17.5. The van der Waals surface area contributed by atoms with E-state index in [1.807, 2.05) is 22.8 Å². The minimum Gasteiger partial charge on any atom is -0.301 e. The first-order valence-corrected chi connectivity index (χ1v) is 11.8. The van der Waals surface area contributed by atoms with Gasteiger partial charge in [0.25, 0.3) is 5.56 Å². The standard InChI is InChI=1S/C27H34FN3O/c1-18(2)14-26-29-25-12-9-22(21-7-10-23(28)11-8-21)15-24(25)27(32)31(26)17-20-6-5-13-30(16-20)19(3)4/h7-12,15,18-20H,5-6,13-14,16-17H2,1-4H3/t20-/m0/s1. The first-order chi connectivity index (χ1) is 15.3. The predicted molar refractivity (Wildman–Crippen MR) is 129 cm³/mol. The molecule has 1 aliphatic rings. The highest BCUT2D eigenvalue weighted by atomic mass is 19.1. The molecule has 32 heavy (non-hydrogen) atoms. The monoisotopic (exact) mass is 435 g/mol. The van der Waals surface area contributed by atoms with Crippen LogP contribution in [0.1, 0.15) is 46.4 Å². The molecule has 170 valence electrons. The molecule has 2 heterocycles. The smallest absolute Gasteiger partial charge is 0.261 e. The average Bonchev–Trinajstić information content (AvgIpc) is 2.76. The van der Waals surface area contributed by atoms with Crippen LogP contribution in [0.3, 0.4) is 0 Å². The largest absolute Gasteiger partial charge is 0.301 e. The molecule has 4 rings (SSSR count). The van der Waals surface area contributed by atoms with E-state index in [1.54, 1.807) is 12.1 Å². The molecule has 3 aromatic rings. The van der Waals surface area contributed by atoms with Gasteiger partial charge in [0.05, 0.1) is 10.9 Å². The quantitative estimate of drug-likeness (QED) is 0.512. The van der Waals surface area contributed by atoms with E-state index in [0.29, 0.717) is 29.8 Å². The van der Waals surface area contributed by atoms with Crippen molar-refractivity contribution in [1.82, 2.24) is 14.5 Å². The Labute approximate surface area is 190 Å². The number of fused-ring (bicyclic) bond motifs is 1. The fraction of sp³-hybridized carbons (Fsp3) is 0.481. The molecule has 1 aliphatic heterocycles. The lowest BCUT2D eigenvalue weighted by molar-refractivity contribution is 0.129. The van der Waals surface area contributed by atoms with E-state index in [9.17, 15) is 9.18 Å². The van der Waals surface area contributed by atoms with Crippen LogP contribution in [0.5, 0.6) is 0 Å². The van der Waals surface area contributed by atoms with Gasteiger partial charge >= 0.3 is 0 Å². The van der Waals surface area contributed by atoms with Crippen molar-refractivity contribution in [2.75, 3.05) is 13.1 Å². The van der Waals surface area contributed by atoms with Crippen LogP contribution in [0, 0.1) is 17.7 Å².